The van der Waals surface area contributed by atoms with Gasteiger partial charge in [0.1, 0.15) is 5.56 Å². The summed E-state index contributed by atoms with van der Waals surface area (Å²) in [6.45, 7) is 8.81. The van der Waals surface area contributed by atoms with Gasteiger partial charge in [-0.1, -0.05) is 0 Å². The molecule has 7 heteroatoms. The van der Waals surface area contributed by atoms with E-state index >= 15 is 0 Å². The highest BCUT2D eigenvalue weighted by Crippen LogP contribution is 2.39. The predicted molar refractivity (Wildman–Crippen MR) is 123 cm³/mol. The van der Waals surface area contributed by atoms with Gasteiger partial charge in [0, 0.05) is 42.3 Å². The number of nitriles is 1. The van der Waals surface area contributed by atoms with Crippen LogP contribution in [0.2, 0.25) is 0 Å². The molecule has 166 valence electrons. The van der Waals surface area contributed by atoms with Crippen molar-refractivity contribution in [1.82, 2.24) is 9.88 Å². The van der Waals surface area contributed by atoms with Crippen molar-refractivity contribution < 1.29 is 9.90 Å². The van der Waals surface area contributed by atoms with Crippen molar-refractivity contribution in [3.05, 3.63) is 39.7 Å². The van der Waals surface area contributed by atoms with Crippen LogP contribution in [0.1, 0.15) is 55.1 Å². The second kappa shape index (κ2) is 9.52. The number of fused-ring (bicyclic) bond motifs is 1. The van der Waals surface area contributed by atoms with Crippen molar-refractivity contribution in [2.45, 2.75) is 46.1 Å². The smallest absolute Gasteiger partial charge is 0.341 e. The minimum Gasteiger partial charge on any atom is -0.477 e. The summed E-state index contributed by atoms with van der Waals surface area (Å²) in [4.78, 5) is 26.6. The number of benzene rings is 1. The first-order valence-electron chi connectivity index (χ1n) is 11.0. The van der Waals surface area contributed by atoms with Crippen LogP contribution in [0.3, 0.4) is 0 Å². The third kappa shape index (κ3) is 4.91. The Bertz CT molecular complexity index is 1060. The van der Waals surface area contributed by atoms with E-state index in [0.717, 1.165) is 55.7 Å². The van der Waals surface area contributed by atoms with Crippen LogP contribution in [0.15, 0.2) is 23.1 Å². The van der Waals surface area contributed by atoms with Crippen molar-refractivity contribution in [3.8, 4) is 6.07 Å². The van der Waals surface area contributed by atoms with E-state index in [4.69, 9.17) is 5.26 Å². The third-order valence-corrected chi connectivity index (χ3v) is 5.97. The van der Waals surface area contributed by atoms with Gasteiger partial charge in [0.05, 0.1) is 11.6 Å². The number of aryl methyl sites for hydroxylation is 1. The van der Waals surface area contributed by atoms with E-state index in [1.807, 2.05) is 43.7 Å². The normalized spacial score (nSPS) is 18.1. The van der Waals surface area contributed by atoms with Crippen LogP contribution in [-0.4, -0.2) is 42.3 Å². The molecule has 1 aliphatic heterocycles. The number of aromatic nitrogens is 1. The van der Waals surface area contributed by atoms with Gasteiger partial charge in [-0.05, 0) is 77.2 Å². The summed E-state index contributed by atoms with van der Waals surface area (Å²) >= 11 is 0. The molecule has 2 aromatic rings. The van der Waals surface area contributed by atoms with Gasteiger partial charge in [0.25, 0.3) is 0 Å². The van der Waals surface area contributed by atoms with E-state index in [1.165, 1.54) is 0 Å². The van der Waals surface area contributed by atoms with Crippen molar-refractivity contribution in [3.63, 3.8) is 0 Å². The summed E-state index contributed by atoms with van der Waals surface area (Å²) in [5, 5.41) is 21.1. The number of hydrogen-bond donors (Lipinski definition) is 2. The SMILES string of the molecule is CC(C)C#N.CNCC1CCN(c2ccc3c(=O)c(C(=O)O)cn(C4CC4)c3c2C)C1. The molecule has 7 nitrogen and oxygen atoms in total. The number of carbonyl (C=O) groups is 1. The Hall–Kier alpha value is -2.85. The minimum atomic E-state index is -1.15. The summed E-state index contributed by atoms with van der Waals surface area (Å²) in [6.07, 6.45) is 4.78. The van der Waals surface area contributed by atoms with Gasteiger partial charge in [-0.3, -0.25) is 4.79 Å². The fraction of sp³-hybridized carbons (Fsp3) is 0.542. The molecule has 0 radical (unpaired) electrons. The fourth-order valence-corrected chi connectivity index (χ4v) is 4.26. The molecule has 1 atom stereocenters. The molecule has 1 saturated heterocycles. The maximum Gasteiger partial charge on any atom is 0.341 e. The molecular weight excluding hydrogens is 392 g/mol. The summed E-state index contributed by atoms with van der Waals surface area (Å²) < 4.78 is 2.03. The molecule has 2 heterocycles. The Balaban J connectivity index is 0.000000491. The summed E-state index contributed by atoms with van der Waals surface area (Å²) in [5.41, 5.74) is 2.62. The quantitative estimate of drug-likeness (QED) is 0.762. The molecule has 0 spiro atoms. The standard InChI is InChI=1S/C20H25N3O3.C4H7N/c1-12-17(22-8-7-13(10-22)9-21-2)6-5-15-18(12)23(14-3-4-14)11-16(19(15)24)20(25)26;1-4(2)3-5/h5-6,11,13-14,21H,3-4,7-10H2,1-2H3,(H,25,26);4H,1-2H3. The van der Waals surface area contributed by atoms with E-state index in [0.29, 0.717) is 17.3 Å². The maximum absolute atomic E-state index is 12.7. The Kier molecular flexibility index (Phi) is 7.01. The zero-order chi connectivity index (χ0) is 22.7. The molecule has 1 aliphatic carbocycles. The van der Waals surface area contributed by atoms with Gasteiger partial charge in [-0.15, -0.1) is 0 Å². The van der Waals surface area contributed by atoms with Gasteiger partial charge in [0.15, 0.2) is 0 Å². The number of nitrogens with zero attached hydrogens (tertiary/aromatic N) is 3. The second-order valence-corrected chi connectivity index (χ2v) is 8.86. The molecule has 2 fully saturated rings. The number of pyridine rings is 1. The average Bonchev–Trinajstić information content (AvgIpc) is 3.48. The Morgan fingerprint density at radius 3 is 2.55 bits per heavy atom. The Morgan fingerprint density at radius 2 is 2.00 bits per heavy atom. The van der Waals surface area contributed by atoms with Crippen LogP contribution in [0.25, 0.3) is 10.9 Å². The Labute approximate surface area is 183 Å². The number of aromatic carboxylic acids is 1. The fourth-order valence-electron chi connectivity index (χ4n) is 4.26. The van der Waals surface area contributed by atoms with E-state index in [-0.39, 0.29) is 16.9 Å². The second-order valence-electron chi connectivity index (χ2n) is 8.86. The minimum absolute atomic E-state index is 0.133. The summed E-state index contributed by atoms with van der Waals surface area (Å²) in [7, 11) is 1.98. The molecule has 0 bridgehead atoms. The van der Waals surface area contributed by atoms with E-state index in [1.54, 1.807) is 6.20 Å². The molecule has 1 saturated carbocycles. The zero-order valence-electron chi connectivity index (χ0n) is 18.8. The van der Waals surface area contributed by atoms with E-state index in [2.05, 4.69) is 17.1 Å². The Morgan fingerprint density at radius 1 is 1.32 bits per heavy atom. The van der Waals surface area contributed by atoms with Gasteiger partial charge >= 0.3 is 5.97 Å². The van der Waals surface area contributed by atoms with Crippen LogP contribution < -0.4 is 15.6 Å². The lowest BCUT2D eigenvalue weighted by Gasteiger charge is -2.24. The molecule has 0 amide bonds. The monoisotopic (exact) mass is 424 g/mol. The predicted octanol–water partition coefficient (Wildman–Crippen LogP) is 3.55. The van der Waals surface area contributed by atoms with Crippen LogP contribution in [0.4, 0.5) is 5.69 Å². The van der Waals surface area contributed by atoms with E-state index < -0.39 is 5.97 Å². The highest BCUT2D eigenvalue weighted by molar-refractivity contribution is 5.95. The van der Waals surface area contributed by atoms with Crippen molar-refractivity contribution >= 4 is 22.6 Å². The number of rotatable bonds is 5. The third-order valence-electron chi connectivity index (χ3n) is 5.97. The summed E-state index contributed by atoms with van der Waals surface area (Å²) in [5.74, 6) is -0.326. The largest absolute Gasteiger partial charge is 0.477 e. The van der Waals surface area contributed by atoms with E-state index in [9.17, 15) is 14.7 Å². The molecule has 1 aromatic carbocycles. The number of nitrogens with one attached hydrogen (secondary N) is 1. The lowest BCUT2D eigenvalue weighted by atomic mass is 10.0. The molecule has 4 rings (SSSR count). The van der Waals surface area contributed by atoms with Gasteiger partial charge in [0.2, 0.25) is 5.43 Å². The first-order chi connectivity index (χ1) is 14.8. The van der Waals surface area contributed by atoms with Crippen LogP contribution in [-0.2, 0) is 0 Å². The highest BCUT2D eigenvalue weighted by atomic mass is 16.4. The molecule has 1 aromatic heterocycles. The van der Waals surface area contributed by atoms with Crippen LogP contribution in [0, 0.1) is 30.1 Å². The van der Waals surface area contributed by atoms with Crippen molar-refractivity contribution in [1.29, 1.82) is 5.26 Å². The van der Waals surface area contributed by atoms with Crippen LogP contribution in [0.5, 0.6) is 0 Å². The molecule has 1 unspecified atom stereocenters. The molecule has 2 aliphatic rings. The summed E-state index contributed by atoms with van der Waals surface area (Å²) in [6, 6.07) is 6.14. The molecular formula is C24H32N4O3. The van der Waals surface area contributed by atoms with Gasteiger partial charge in [-0.25, -0.2) is 4.79 Å². The molecule has 2 N–H and O–H groups in total. The average molecular weight is 425 g/mol. The lowest BCUT2D eigenvalue weighted by molar-refractivity contribution is 0.0695. The zero-order valence-corrected chi connectivity index (χ0v) is 18.8. The van der Waals surface area contributed by atoms with Gasteiger partial charge in [-0.2, -0.15) is 5.26 Å². The lowest BCUT2D eigenvalue weighted by Crippen LogP contribution is -2.25. The number of anilines is 1. The number of carboxylic acid groups (broad SMARTS) is 1. The topological polar surface area (TPSA) is 98.4 Å². The molecule has 31 heavy (non-hydrogen) atoms. The van der Waals surface area contributed by atoms with Crippen molar-refractivity contribution in [2.75, 3.05) is 31.6 Å². The van der Waals surface area contributed by atoms with Crippen molar-refractivity contribution in [2.24, 2.45) is 11.8 Å². The highest BCUT2D eigenvalue weighted by Gasteiger charge is 2.29. The number of carboxylic acids is 1. The number of hydrogen-bond acceptors (Lipinski definition) is 5. The van der Waals surface area contributed by atoms with Crippen LogP contribution >= 0.6 is 0 Å². The first kappa shape index (κ1) is 22.8. The maximum atomic E-state index is 12.7. The van der Waals surface area contributed by atoms with Gasteiger partial charge < -0.3 is 19.9 Å². The first-order valence-corrected chi connectivity index (χ1v) is 11.0.